The van der Waals surface area contributed by atoms with Crippen LogP contribution >= 0.6 is 0 Å². The van der Waals surface area contributed by atoms with E-state index in [0.717, 1.165) is 16.6 Å². The summed E-state index contributed by atoms with van der Waals surface area (Å²) in [5.41, 5.74) is 7.93. The molecule has 0 bridgehead atoms. The van der Waals surface area contributed by atoms with Crippen LogP contribution in [0.5, 0.6) is 0 Å². The summed E-state index contributed by atoms with van der Waals surface area (Å²) in [6, 6.07) is 7.76. The van der Waals surface area contributed by atoms with Crippen molar-refractivity contribution in [2.24, 2.45) is 5.73 Å². The minimum Gasteiger partial charge on any atom is -0.384 e. The smallest absolute Gasteiger partial charge is 0.126 e. The predicted molar refractivity (Wildman–Crippen MR) is 69.9 cm³/mol. The van der Waals surface area contributed by atoms with Gasteiger partial charge in [-0.05, 0) is 6.07 Å². The number of imidazole rings is 1. The number of nitrogens with one attached hydrogen (secondary N) is 1. The van der Waals surface area contributed by atoms with E-state index in [9.17, 15) is 0 Å². The van der Waals surface area contributed by atoms with E-state index in [1.54, 1.807) is 18.7 Å². The number of benzene rings is 1. The molecule has 3 aromatic rings. The standard InChI is InChI=1S/C13H11N5/c14-13(15)10-7-17-11-4-2-1-3-9(11)12(10)18-6-5-16-8-18/h1-8H,(H3,14,15). The van der Waals surface area contributed by atoms with E-state index >= 15 is 0 Å². The molecule has 0 radical (unpaired) electrons. The number of fused-ring (bicyclic) bond motifs is 1. The predicted octanol–water partition coefficient (Wildman–Crippen LogP) is 1.70. The first-order valence-corrected chi connectivity index (χ1v) is 5.48. The molecule has 0 aliphatic rings. The molecular formula is C13H11N5. The van der Waals surface area contributed by atoms with Crippen LogP contribution in [0.3, 0.4) is 0 Å². The number of hydrogen-bond acceptors (Lipinski definition) is 3. The Balaban J connectivity index is 2.43. The summed E-state index contributed by atoms with van der Waals surface area (Å²) in [5, 5.41) is 8.61. The van der Waals surface area contributed by atoms with Crippen molar-refractivity contribution in [3.8, 4) is 5.69 Å². The molecule has 3 rings (SSSR count). The number of nitrogens with two attached hydrogens (primary N) is 1. The number of para-hydroxylation sites is 1. The lowest BCUT2D eigenvalue weighted by Gasteiger charge is -2.11. The largest absolute Gasteiger partial charge is 0.384 e. The van der Waals surface area contributed by atoms with Gasteiger partial charge in [-0.3, -0.25) is 10.4 Å². The van der Waals surface area contributed by atoms with E-state index in [1.165, 1.54) is 0 Å². The molecule has 5 nitrogen and oxygen atoms in total. The normalized spacial score (nSPS) is 10.7. The van der Waals surface area contributed by atoms with Crippen LogP contribution in [0.1, 0.15) is 5.56 Å². The third kappa shape index (κ3) is 1.53. The first-order chi connectivity index (χ1) is 8.77. The molecule has 1 aromatic carbocycles. The lowest BCUT2D eigenvalue weighted by atomic mass is 10.1. The van der Waals surface area contributed by atoms with E-state index in [1.807, 2.05) is 35.0 Å². The molecule has 0 aliphatic carbocycles. The number of pyridine rings is 1. The number of nitrogens with zero attached hydrogens (tertiary/aromatic N) is 3. The highest BCUT2D eigenvalue weighted by Gasteiger charge is 2.12. The average molecular weight is 237 g/mol. The number of rotatable bonds is 2. The topological polar surface area (TPSA) is 80.6 Å². The number of hydrogen-bond donors (Lipinski definition) is 2. The molecular weight excluding hydrogens is 226 g/mol. The minimum absolute atomic E-state index is 0.00282. The number of aromatic nitrogens is 3. The van der Waals surface area contributed by atoms with Gasteiger partial charge in [0.05, 0.1) is 23.1 Å². The van der Waals surface area contributed by atoms with Gasteiger partial charge in [0.15, 0.2) is 0 Å². The molecule has 0 saturated carbocycles. The molecule has 0 atom stereocenters. The molecule has 0 amide bonds. The third-order valence-corrected chi connectivity index (χ3v) is 2.80. The second-order valence-corrected chi connectivity index (χ2v) is 3.92. The van der Waals surface area contributed by atoms with Crippen molar-refractivity contribution in [2.75, 3.05) is 0 Å². The van der Waals surface area contributed by atoms with Gasteiger partial charge in [-0.2, -0.15) is 0 Å². The van der Waals surface area contributed by atoms with Crippen LogP contribution in [0.15, 0.2) is 49.2 Å². The van der Waals surface area contributed by atoms with E-state index < -0.39 is 0 Å². The summed E-state index contributed by atoms with van der Waals surface area (Å²) < 4.78 is 1.85. The van der Waals surface area contributed by atoms with Crippen molar-refractivity contribution < 1.29 is 0 Å². The fraction of sp³-hybridized carbons (Fsp3) is 0. The van der Waals surface area contributed by atoms with Gasteiger partial charge >= 0.3 is 0 Å². The van der Waals surface area contributed by atoms with Gasteiger partial charge in [0.25, 0.3) is 0 Å². The van der Waals surface area contributed by atoms with Gasteiger partial charge in [-0.1, -0.05) is 18.2 Å². The quantitative estimate of drug-likeness (QED) is 0.526. The lowest BCUT2D eigenvalue weighted by Crippen LogP contribution is -2.15. The van der Waals surface area contributed by atoms with Crippen LogP contribution < -0.4 is 5.73 Å². The number of nitrogen functional groups attached to an aromatic ring is 1. The Morgan fingerprint density at radius 1 is 1.28 bits per heavy atom. The summed E-state index contributed by atoms with van der Waals surface area (Å²) >= 11 is 0. The van der Waals surface area contributed by atoms with Crippen LogP contribution in [-0.4, -0.2) is 20.4 Å². The van der Waals surface area contributed by atoms with Crippen LogP contribution in [0.4, 0.5) is 0 Å². The van der Waals surface area contributed by atoms with E-state index in [4.69, 9.17) is 11.1 Å². The molecule has 0 saturated heterocycles. The van der Waals surface area contributed by atoms with Gasteiger partial charge < -0.3 is 10.3 Å². The zero-order chi connectivity index (χ0) is 12.5. The molecule has 3 N–H and O–H groups in total. The summed E-state index contributed by atoms with van der Waals surface area (Å²) in [6.45, 7) is 0. The molecule has 2 heterocycles. The molecule has 0 spiro atoms. The monoisotopic (exact) mass is 237 g/mol. The fourth-order valence-electron chi connectivity index (χ4n) is 1.99. The lowest BCUT2D eigenvalue weighted by molar-refractivity contribution is 1.06. The molecule has 18 heavy (non-hydrogen) atoms. The summed E-state index contributed by atoms with van der Waals surface area (Å²) in [4.78, 5) is 8.36. The summed E-state index contributed by atoms with van der Waals surface area (Å²) in [6.07, 6.45) is 6.83. The van der Waals surface area contributed by atoms with Crippen molar-refractivity contribution >= 4 is 16.7 Å². The van der Waals surface area contributed by atoms with E-state index in [0.29, 0.717) is 5.56 Å². The highest BCUT2D eigenvalue weighted by molar-refractivity contribution is 6.04. The highest BCUT2D eigenvalue weighted by atomic mass is 15.0. The van der Waals surface area contributed by atoms with Crippen LogP contribution in [-0.2, 0) is 0 Å². The van der Waals surface area contributed by atoms with Crippen molar-refractivity contribution in [3.63, 3.8) is 0 Å². The molecule has 88 valence electrons. The van der Waals surface area contributed by atoms with Crippen molar-refractivity contribution in [1.29, 1.82) is 5.41 Å². The Labute approximate surface area is 103 Å². The molecule has 2 aromatic heterocycles. The van der Waals surface area contributed by atoms with Gasteiger partial charge in [0.1, 0.15) is 5.84 Å². The summed E-state index contributed by atoms with van der Waals surface area (Å²) in [7, 11) is 0. The first-order valence-electron chi connectivity index (χ1n) is 5.48. The molecule has 0 unspecified atom stereocenters. The van der Waals surface area contributed by atoms with Crippen LogP contribution in [0.25, 0.3) is 16.6 Å². The maximum atomic E-state index is 7.66. The van der Waals surface area contributed by atoms with Crippen LogP contribution in [0, 0.1) is 5.41 Å². The zero-order valence-corrected chi connectivity index (χ0v) is 9.54. The maximum absolute atomic E-state index is 7.66. The highest BCUT2D eigenvalue weighted by Crippen LogP contribution is 2.23. The first kappa shape index (κ1) is 10.5. The molecule has 0 fully saturated rings. The average Bonchev–Trinajstić information content (AvgIpc) is 2.90. The van der Waals surface area contributed by atoms with Crippen molar-refractivity contribution in [2.45, 2.75) is 0 Å². The second-order valence-electron chi connectivity index (χ2n) is 3.92. The van der Waals surface area contributed by atoms with E-state index in [2.05, 4.69) is 9.97 Å². The minimum atomic E-state index is -0.00282. The van der Waals surface area contributed by atoms with Crippen LogP contribution in [0.2, 0.25) is 0 Å². The summed E-state index contributed by atoms with van der Waals surface area (Å²) in [5.74, 6) is -0.00282. The van der Waals surface area contributed by atoms with Crippen molar-refractivity contribution in [1.82, 2.24) is 14.5 Å². The van der Waals surface area contributed by atoms with Gasteiger partial charge in [0.2, 0.25) is 0 Å². The number of amidine groups is 1. The van der Waals surface area contributed by atoms with Gasteiger partial charge in [0, 0.05) is 24.0 Å². The second kappa shape index (κ2) is 3.96. The Hall–Kier alpha value is -2.69. The Bertz CT molecular complexity index is 715. The molecule has 0 aliphatic heterocycles. The Kier molecular flexibility index (Phi) is 2.30. The van der Waals surface area contributed by atoms with Gasteiger partial charge in [-0.15, -0.1) is 0 Å². The van der Waals surface area contributed by atoms with Gasteiger partial charge in [-0.25, -0.2) is 4.98 Å². The fourth-order valence-corrected chi connectivity index (χ4v) is 1.99. The third-order valence-electron chi connectivity index (χ3n) is 2.80. The van der Waals surface area contributed by atoms with E-state index in [-0.39, 0.29) is 5.84 Å². The Morgan fingerprint density at radius 2 is 2.11 bits per heavy atom. The maximum Gasteiger partial charge on any atom is 0.126 e. The molecule has 5 heteroatoms. The Morgan fingerprint density at radius 3 is 2.83 bits per heavy atom. The SMILES string of the molecule is N=C(N)c1cnc2ccccc2c1-n1ccnc1. The zero-order valence-electron chi connectivity index (χ0n) is 9.54. The van der Waals surface area contributed by atoms with Crippen molar-refractivity contribution in [3.05, 3.63) is 54.7 Å².